The number of unbranched alkanes of at least 4 members (excludes halogenated alkanes) is 1. The summed E-state index contributed by atoms with van der Waals surface area (Å²) in [6, 6.07) is 3.78. The average Bonchev–Trinajstić information content (AvgIpc) is 2.32. The number of aliphatic hydroxyl groups excluding tert-OH is 1. The van der Waals surface area contributed by atoms with Crippen molar-refractivity contribution in [2.75, 3.05) is 6.54 Å². The van der Waals surface area contributed by atoms with Gasteiger partial charge >= 0.3 is 6.09 Å². The number of carboxylic acid groups (broad SMARTS) is 1. The Kier molecular flexibility index (Phi) is 5.95. The molecule has 0 saturated carbocycles. The molecule has 1 rings (SSSR count). The zero-order chi connectivity index (χ0) is 13.5. The Hall–Kier alpha value is -1.26. The van der Waals surface area contributed by atoms with Crippen LogP contribution in [0.15, 0.2) is 12.1 Å². The van der Waals surface area contributed by atoms with Crippen molar-refractivity contribution in [3.8, 4) is 0 Å². The Morgan fingerprint density at radius 3 is 2.67 bits per heavy atom. The summed E-state index contributed by atoms with van der Waals surface area (Å²) in [6.07, 6.45) is 1.57. The second-order valence-corrected chi connectivity index (χ2v) is 4.62. The molecule has 1 amide bonds. The van der Waals surface area contributed by atoms with E-state index in [1.807, 2.05) is 19.1 Å². The summed E-state index contributed by atoms with van der Waals surface area (Å²) >= 11 is 6.03. The van der Waals surface area contributed by atoms with Gasteiger partial charge in [0.15, 0.2) is 0 Å². The van der Waals surface area contributed by atoms with Crippen LogP contribution in [0.4, 0.5) is 4.79 Å². The summed E-state index contributed by atoms with van der Waals surface area (Å²) in [5.74, 6) is 0. The van der Waals surface area contributed by atoms with Crippen molar-refractivity contribution in [2.24, 2.45) is 0 Å². The first-order chi connectivity index (χ1) is 8.54. The lowest BCUT2D eigenvalue weighted by molar-refractivity contribution is 0.194. The van der Waals surface area contributed by atoms with Gasteiger partial charge in [-0.2, -0.15) is 0 Å². The van der Waals surface area contributed by atoms with E-state index in [-0.39, 0.29) is 6.61 Å². The van der Waals surface area contributed by atoms with Crippen LogP contribution in [0.5, 0.6) is 0 Å². The lowest BCUT2D eigenvalue weighted by Gasteiger charge is -2.09. The van der Waals surface area contributed by atoms with E-state index >= 15 is 0 Å². The average molecular weight is 272 g/mol. The fourth-order valence-electron chi connectivity index (χ4n) is 1.81. The van der Waals surface area contributed by atoms with E-state index in [4.69, 9.17) is 21.8 Å². The lowest BCUT2D eigenvalue weighted by Crippen LogP contribution is -2.21. The Morgan fingerprint density at radius 2 is 2.06 bits per heavy atom. The molecule has 3 N–H and O–H groups in total. The van der Waals surface area contributed by atoms with E-state index in [0.717, 1.165) is 36.0 Å². The molecule has 0 unspecified atom stereocenters. The largest absolute Gasteiger partial charge is 0.465 e. The maximum atomic E-state index is 10.2. The monoisotopic (exact) mass is 271 g/mol. The van der Waals surface area contributed by atoms with Crippen molar-refractivity contribution in [3.05, 3.63) is 33.8 Å². The van der Waals surface area contributed by atoms with Crippen LogP contribution in [-0.4, -0.2) is 22.9 Å². The summed E-state index contributed by atoms with van der Waals surface area (Å²) in [4.78, 5) is 10.2. The first-order valence-corrected chi connectivity index (χ1v) is 6.28. The normalized spacial score (nSPS) is 10.4. The summed E-state index contributed by atoms with van der Waals surface area (Å²) in [7, 11) is 0. The summed E-state index contributed by atoms with van der Waals surface area (Å²) in [5.41, 5.74) is 2.99. The van der Waals surface area contributed by atoms with Crippen LogP contribution >= 0.6 is 11.6 Å². The fraction of sp³-hybridized carbons (Fsp3) is 0.462. The Morgan fingerprint density at radius 1 is 1.33 bits per heavy atom. The topological polar surface area (TPSA) is 69.6 Å². The number of aryl methyl sites for hydroxylation is 2. The molecule has 0 aliphatic carbocycles. The molecule has 0 atom stereocenters. The Balaban J connectivity index is 2.47. The minimum atomic E-state index is -0.985. The quantitative estimate of drug-likeness (QED) is 0.697. The van der Waals surface area contributed by atoms with Crippen LogP contribution in [-0.2, 0) is 13.0 Å². The highest BCUT2D eigenvalue weighted by molar-refractivity contribution is 6.31. The van der Waals surface area contributed by atoms with Crippen LogP contribution in [0.1, 0.15) is 29.5 Å². The molecule has 0 fully saturated rings. The SMILES string of the molecule is Cc1cc(CO)c(Cl)cc1CCCCNC(=O)O. The van der Waals surface area contributed by atoms with Crippen molar-refractivity contribution in [2.45, 2.75) is 32.8 Å². The highest BCUT2D eigenvalue weighted by Crippen LogP contribution is 2.22. The highest BCUT2D eigenvalue weighted by Gasteiger charge is 2.05. The van der Waals surface area contributed by atoms with E-state index in [1.165, 1.54) is 0 Å². The predicted octanol–water partition coefficient (Wildman–Crippen LogP) is 2.73. The van der Waals surface area contributed by atoms with E-state index in [0.29, 0.717) is 11.6 Å². The third kappa shape index (κ3) is 4.55. The smallest absolute Gasteiger partial charge is 0.404 e. The maximum Gasteiger partial charge on any atom is 0.404 e. The zero-order valence-electron chi connectivity index (χ0n) is 10.4. The molecule has 5 heteroatoms. The molecule has 0 bridgehead atoms. The minimum absolute atomic E-state index is 0.0531. The summed E-state index contributed by atoms with van der Waals surface area (Å²) < 4.78 is 0. The first-order valence-electron chi connectivity index (χ1n) is 5.90. The number of hydrogen-bond donors (Lipinski definition) is 3. The van der Waals surface area contributed by atoms with Gasteiger partial charge in [0.1, 0.15) is 0 Å². The number of hydrogen-bond acceptors (Lipinski definition) is 2. The maximum absolute atomic E-state index is 10.2. The number of rotatable bonds is 6. The molecule has 0 aliphatic heterocycles. The van der Waals surface area contributed by atoms with E-state index in [2.05, 4.69) is 5.32 Å². The molecule has 0 aliphatic rings. The lowest BCUT2D eigenvalue weighted by atomic mass is 10.0. The Bertz CT molecular complexity index is 421. The predicted molar refractivity (Wildman–Crippen MR) is 71.1 cm³/mol. The number of carbonyl (C=O) groups is 1. The molecule has 100 valence electrons. The molecule has 0 radical (unpaired) electrons. The molecule has 0 saturated heterocycles. The van der Waals surface area contributed by atoms with Crippen LogP contribution in [0.2, 0.25) is 5.02 Å². The summed E-state index contributed by atoms with van der Waals surface area (Å²) in [6.45, 7) is 2.40. The molecule has 0 heterocycles. The van der Waals surface area contributed by atoms with E-state index in [9.17, 15) is 4.79 Å². The second kappa shape index (κ2) is 7.24. The molecule has 1 aromatic rings. The van der Waals surface area contributed by atoms with Gasteiger partial charge in [-0.25, -0.2) is 4.79 Å². The van der Waals surface area contributed by atoms with Crippen LogP contribution in [0.3, 0.4) is 0 Å². The van der Waals surface area contributed by atoms with E-state index < -0.39 is 6.09 Å². The number of nitrogens with one attached hydrogen (secondary N) is 1. The third-order valence-corrected chi connectivity index (χ3v) is 3.18. The third-order valence-electron chi connectivity index (χ3n) is 2.82. The van der Waals surface area contributed by atoms with E-state index in [1.54, 1.807) is 0 Å². The van der Waals surface area contributed by atoms with Gasteiger partial charge < -0.3 is 15.5 Å². The highest BCUT2D eigenvalue weighted by atomic mass is 35.5. The first kappa shape index (κ1) is 14.8. The van der Waals surface area contributed by atoms with Gasteiger partial charge in [-0.05, 0) is 48.9 Å². The molecule has 0 spiro atoms. The zero-order valence-corrected chi connectivity index (χ0v) is 11.1. The van der Waals surface area contributed by atoms with Crippen molar-refractivity contribution in [1.29, 1.82) is 0 Å². The minimum Gasteiger partial charge on any atom is -0.465 e. The van der Waals surface area contributed by atoms with Crippen molar-refractivity contribution in [1.82, 2.24) is 5.32 Å². The number of amides is 1. The molecular weight excluding hydrogens is 254 g/mol. The summed E-state index contributed by atoms with van der Waals surface area (Å²) in [5, 5.41) is 20.4. The molecule has 4 nitrogen and oxygen atoms in total. The van der Waals surface area contributed by atoms with Gasteiger partial charge in [-0.1, -0.05) is 17.7 Å². The molecule has 18 heavy (non-hydrogen) atoms. The van der Waals surface area contributed by atoms with Crippen molar-refractivity contribution < 1.29 is 15.0 Å². The molecule has 0 aromatic heterocycles. The fourth-order valence-corrected chi connectivity index (χ4v) is 2.05. The van der Waals surface area contributed by atoms with Gasteiger partial charge in [0.05, 0.1) is 6.61 Å². The van der Waals surface area contributed by atoms with Crippen molar-refractivity contribution in [3.63, 3.8) is 0 Å². The number of halogens is 1. The molecular formula is C13H18ClNO3. The van der Waals surface area contributed by atoms with Gasteiger partial charge in [0.25, 0.3) is 0 Å². The van der Waals surface area contributed by atoms with Gasteiger partial charge in [0, 0.05) is 11.6 Å². The van der Waals surface area contributed by atoms with Gasteiger partial charge in [0.2, 0.25) is 0 Å². The number of benzene rings is 1. The Labute approximate surface area is 112 Å². The van der Waals surface area contributed by atoms with Crippen molar-refractivity contribution >= 4 is 17.7 Å². The second-order valence-electron chi connectivity index (χ2n) is 4.22. The van der Waals surface area contributed by atoms with Crippen LogP contribution in [0, 0.1) is 6.92 Å². The molecule has 1 aromatic carbocycles. The van der Waals surface area contributed by atoms with Gasteiger partial charge in [-0.15, -0.1) is 0 Å². The van der Waals surface area contributed by atoms with Crippen LogP contribution < -0.4 is 5.32 Å². The standard InChI is InChI=1S/C13H18ClNO3/c1-9-6-11(8-16)12(14)7-10(9)4-2-3-5-15-13(17)18/h6-7,15-16H,2-5,8H2,1H3,(H,17,18). The van der Waals surface area contributed by atoms with Gasteiger partial charge in [-0.3, -0.25) is 0 Å². The number of aliphatic hydroxyl groups is 1. The van der Waals surface area contributed by atoms with Crippen LogP contribution in [0.25, 0.3) is 0 Å².